The fourth-order valence-electron chi connectivity index (χ4n) is 5.08. The molecule has 0 saturated carbocycles. The topological polar surface area (TPSA) is 149 Å². The number of nitrogen functional groups attached to an aromatic ring is 1. The zero-order chi connectivity index (χ0) is 29.4. The lowest BCUT2D eigenvalue weighted by atomic mass is 10.0. The van der Waals surface area contributed by atoms with Gasteiger partial charge in [-0.2, -0.15) is 0 Å². The fourth-order valence-corrected chi connectivity index (χ4v) is 5.08. The van der Waals surface area contributed by atoms with Gasteiger partial charge in [-0.05, 0) is 61.7 Å². The van der Waals surface area contributed by atoms with Gasteiger partial charge >= 0.3 is 0 Å². The summed E-state index contributed by atoms with van der Waals surface area (Å²) in [6.07, 6.45) is 3.18. The van der Waals surface area contributed by atoms with Crippen LogP contribution in [0.3, 0.4) is 0 Å². The van der Waals surface area contributed by atoms with Gasteiger partial charge in [0, 0.05) is 36.6 Å². The van der Waals surface area contributed by atoms with Crippen LogP contribution in [-0.4, -0.2) is 32.4 Å². The summed E-state index contributed by atoms with van der Waals surface area (Å²) < 4.78 is 29.3. The Labute approximate surface area is 234 Å². The first-order chi connectivity index (χ1) is 19.6. The molecule has 0 radical (unpaired) electrons. The Morgan fingerprint density at radius 2 is 1.76 bits per heavy atom. The number of benzene rings is 3. The second-order valence-electron chi connectivity index (χ2n) is 9.74. The van der Waals surface area contributed by atoms with Gasteiger partial charge < -0.3 is 16.8 Å². The number of rotatable bonds is 7. The molecule has 1 atom stereocenters. The first-order valence-corrected chi connectivity index (χ1v) is 12.8. The molecular weight excluding hydrogens is 526 g/mol. The predicted molar refractivity (Wildman–Crippen MR) is 155 cm³/mol. The van der Waals surface area contributed by atoms with E-state index in [1.54, 1.807) is 49.8 Å². The van der Waals surface area contributed by atoms with Gasteiger partial charge in [0.2, 0.25) is 0 Å². The van der Waals surface area contributed by atoms with Crippen LogP contribution in [0.5, 0.6) is 0 Å². The third-order valence-corrected chi connectivity index (χ3v) is 6.91. The molecule has 6 N–H and O–H groups in total. The van der Waals surface area contributed by atoms with E-state index in [1.165, 1.54) is 16.7 Å². The summed E-state index contributed by atoms with van der Waals surface area (Å²) in [6, 6.07) is 10.9. The summed E-state index contributed by atoms with van der Waals surface area (Å²) in [5.41, 5.74) is 16.9. The number of hydrogen-bond donors (Lipinski definition) is 4. The molecule has 2 heterocycles. The van der Waals surface area contributed by atoms with E-state index < -0.39 is 23.2 Å². The molecule has 1 unspecified atom stereocenters. The van der Waals surface area contributed by atoms with Crippen molar-refractivity contribution >= 4 is 22.4 Å². The number of aryl methyl sites for hydroxylation is 2. The Morgan fingerprint density at radius 1 is 1.05 bits per heavy atom. The summed E-state index contributed by atoms with van der Waals surface area (Å²) in [7, 11) is 1.66. The van der Waals surface area contributed by atoms with Crippen LogP contribution in [0.4, 0.5) is 14.5 Å². The molecule has 0 aliphatic rings. The van der Waals surface area contributed by atoms with Crippen molar-refractivity contribution in [2.45, 2.75) is 26.3 Å². The minimum Gasteiger partial charge on any atom is -0.386 e. The number of nitrogens with one attached hydrogen (secondary N) is 2. The maximum Gasteiger partial charge on any atom is 0.266 e. The number of aromatic nitrogens is 4. The predicted octanol–water partition coefficient (Wildman–Crippen LogP) is 4.31. The summed E-state index contributed by atoms with van der Waals surface area (Å²) in [5.74, 6) is -1.49. The van der Waals surface area contributed by atoms with E-state index in [9.17, 15) is 13.6 Å². The van der Waals surface area contributed by atoms with Crippen molar-refractivity contribution in [2.75, 3.05) is 12.4 Å². The second kappa shape index (κ2) is 10.9. The maximum atomic E-state index is 14.2. The molecule has 3 aromatic carbocycles. The Bertz CT molecular complexity index is 1870. The summed E-state index contributed by atoms with van der Waals surface area (Å²) in [4.78, 5) is 27.7. The normalized spacial score (nSPS) is 12.0. The van der Waals surface area contributed by atoms with Gasteiger partial charge in [0.15, 0.2) is 0 Å². The summed E-state index contributed by atoms with van der Waals surface area (Å²) >= 11 is 0. The van der Waals surface area contributed by atoms with E-state index in [0.717, 1.165) is 11.6 Å². The highest BCUT2D eigenvalue weighted by atomic mass is 19.1. The number of amidine groups is 1. The van der Waals surface area contributed by atoms with Crippen LogP contribution in [0.2, 0.25) is 0 Å². The lowest BCUT2D eigenvalue weighted by Crippen LogP contribution is -2.30. The molecule has 5 rings (SSSR count). The molecule has 9 nitrogen and oxygen atoms in total. The smallest absolute Gasteiger partial charge is 0.266 e. The van der Waals surface area contributed by atoms with Crippen molar-refractivity contribution in [1.29, 1.82) is 5.41 Å². The number of fused-ring (bicyclic) bond motifs is 1. The highest BCUT2D eigenvalue weighted by Gasteiger charge is 2.23. The molecule has 208 valence electrons. The van der Waals surface area contributed by atoms with E-state index in [0.29, 0.717) is 50.4 Å². The zero-order valence-electron chi connectivity index (χ0n) is 22.7. The van der Waals surface area contributed by atoms with Crippen molar-refractivity contribution in [3.8, 4) is 16.9 Å². The number of halogens is 2. The minimum absolute atomic E-state index is 0.00407. The van der Waals surface area contributed by atoms with Gasteiger partial charge in [-0.15, -0.1) is 0 Å². The first kappa shape index (κ1) is 27.5. The molecule has 2 aromatic heterocycles. The largest absolute Gasteiger partial charge is 0.386 e. The molecule has 5 aromatic rings. The van der Waals surface area contributed by atoms with Crippen molar-refractivity contribution < 1.29 is 8.78 Å². The van der Waals surface area contributed by atoms with Crippen LogP contribution in [0.25, 0.3) is 27.8 Å². The number of anilines is 1. The molecular formula is C30H28F2N8O. The van der Waals surface area contributed by atoms with Gasteiger partial charge in [0.05, 0.1) is 39.7 Å². The Morgan fingerprint density at radius 3 is 2.41 bits per heavy atom. The van der Waals surface area contributed by atoms with Gasteiger partial charge in [0.25, 0.3) is 5.56 Å². The van der Waals surface area contributed by atoms with Crippen LogP contribution >= 0.6 is 0 Å². The molecule has 0 fully saturated rings. The molecule has 0 spiro atoms. The number of nitrogens with zero attached hydrogens (tertiary/aromatic N) is 4. The van der Waals surface area contributed by atoms with Gasteiger partial charge in [-0.25, -0.2) is 13.8 Å². The lowest BCUT2D eigenvalue weighted by molar-refractivity contribution is 0.572. The molecule has 0 bridgehead atoms. The Hall–Kier alpha value is -5.03. The SMILES string of the molecule is CNc1c(-n2c(C(N)Cc3cc(F)cc(F)c3)nc3cc(-c4nccnc4C)ccc3c2=O)ccc(C)c1C(=N)N. The molecule has 41 heavy (non-hydrogen) atoms. The van der Waals surface area contributed by atoms with E-state index in [1.807, 2.05) is 13.8 Å². The third kappa shape index (κ3) is 5.14. The number of hydrogen-bond acceptors (Lipinski definition) is 7. The standard InChI is InChI=1S/C30H28F2N8O/c1-15-4-7-24(27(36-3)25(15)28(34)35)40-29(22(33)12-17-10-19(31)14-20(32)11-17)39-23-13-18(5-6-21(23)30(40)41)26-16(2)37-8-9-38-26/h4-11,13-14,22,36H,12,33H2,1-3H3,(H3,34,35). The van der Waals surface area contributed by atoms with Crippen LogP contribution < -0.4 is 22.3 Å². The van der Waals surface area contributed by atoms with Gasteiger partial charge in [0.1, 0.15) is 23.3 Å². The lowest BCUT2D eigenvalue weighted by Gasteiger charge is -2.23. The van der Waals surface area contributed by atoms with Crippen molar-refractivity contribution in [2.24, 2.45) is 11.5 Å². The maximum absolute atomic E-state index is 14.2. The van der Waals surface area contributed by atoms with Crippen molar-refractivity contribution in [1.82, 2.24) is 19.5 Å². The Kier molecular flexibility index (Phi) is 7.29. The average molecular weight is 555 g/mol. The second-order valence-corrected chi connectivity index (χ2v) is 9.74. The number of nitrogens with two attached hydrogens (primary N) is 2. The van der Waals surface area contributed by atoms with Crippen LogP contribution in [-0.2, 0) is 6.42 Å². The molecule has 0 aliphatic carbocycles. The van der Waals surface area contributed by atoms with Crippen LogP contribution in [0.15, 0.2) is 65.7 Å². The van der Waals surface area contributed by atoms with Gasteiger partial charge in [-0.3, -0.25) is 24.7 Å². The highest BCUT2D eigenvalue weighted by molar-refractivity contribution is 6.03. The van der Waals surface area contributed by atoms with E-state index in [-0.39, 0.29) is 18.1 Å². The monoisotopic (exact) mass is 554 g/mol. The summed E-state index contributed by atoms with van der Waals surface area (Å²) in [5, 5.41) is 11.5. The van der Waals surface area contributed by atoms with E-state index in [4.69, 9.17) is 21.9 Å². The Balaban J connectivity index is 1.79. The van der Waals surface area contributed by atoms with Crippen LogP contribution in [0, 0.1) is 30.9 Å². The molecule has 0 saturated heterocycles. The van der Waals surface area contributed by atoms with E-state index >= 15 is 0 Å². The molecule has 0 aliphatic heterocycles. The third-order valence-electron chi connectivity index (χ3n) is 6.91. The highest BCUT2D eigenvalue weighted by Crippen LogP contribution is 2.30. The van der Waals surface area contributed by atoms with E-state index in [2.05, 4.69) is 15.3 Å². The molecule has 11 heteroatoms. The van der Waals surface area contributed by atoms with Crippen molar-refractivity contribution in [3.63, 3.8) is 0 Å². The minimum atomic E-state index is -0.943. The first-order valence-electron chi connectivity index (χ1n) is 12.8. The zero-order valence-corrected chi connectivity index (χ0v) is 22.7. The molecule has 0 amide bonds. The van der Waals surface area contributed by atoms with Crippen LogP contribution in [0.1, 0.15) is 34.3 Å². The van der Waals surface area contributed by atoms with Gasteiger partial charge in [-0.1, -0.05) is 12.1 Å². The fraction of sp³-hybridized carbons (Fsp3) is 0.167. The summed E-state index contributed by atoms with van der Waals surface area (Å²) in [6.45, 7) is 3.64. The van der Waals surface area contributed by atoms with Crippen molar-refractivity contribution in [3.05, 3.63) is 111 Å². The quantitative estimate of drug-likeness (QED) is 0.173. The average Bonchev–Trinajstić information content (AvgIpc) is 2.92.